The zero-order valence-electron chi connectivity index (χ0n) is 11.1. The van der Waals surface area contributed by atoms with Crippen molar-refractivity contribution >= 4 is 18.0 Å². The highest BCUT2D eigenvalue weighted by Gasteiger charge is 2.14. The van der Waals surface area contributed by atoms with Gasteiger partial charge in [-0.15, -0.1) is 0 Å². The Kier molecular flexibility index (Phi) is 5.91. The quantitative estimate of drug-likeness (QED) is 0.793. The van der Waals surface area contributed by atoms with Gasteiger partial charge in [-0.2, -0.15) is 5.26 Å². The predicted molar refractivity (Wildman–Crippen MR) is 72.7 cm³/mol. The summed E-state index contributed by atoms with van der Waals surface area (Å²) in [5, 5.41) is 17.1. The molecular formula is C14H15N3O3. The number of rotatable bonds is 6. The molecule has 0 spiro atoms. The molecule has 1 heterocycles. The highest BCUT2D eigenvalue weighted by Crippen LogP contribution is 2.08. The number of pyridine rings is 1. The first-order valence-corrected chi connectivity index (χ1v) is 6.10. The topological polar surface area (TPSA) is 94.3 Å². The average Bonchev–Trinajstić information content (AvgIpc) is 2.46. The lowest BCUT2D eigenvalue weighted by atomic mass is 10.1. The molecule has 0 fully saturated rings. The number of carboxylic acid groups (broad SMARTS) is 1. The third kappa shape index (κ3) is 4.53. The smallest absolute Gasteiger partial charge is 0.328 e. The molecule has 0 atom stereocenters. The number of aromatic nitrogens is 1. The average molecular weight is 273 g/mol. The van der Waals surface area contributed by atoms with Gasteiger partial charge in [-0.25, -0.2) is 4.79 Å². The highest BCUT2D eigenvalue weighted by molar-refractivity contribution is 5.94. The molecule has 0 aliphatic rings. The van der Waals surface area contributed by atoms with Crippen LogP contribution in [0.2, 0.25) is 0 Å². The molecule has 1 amide bonds. The maximum Gasteiger partial charge on any atom is 0.328 e. The fourth-order valence-corrected chi connectivity index (χ4v) is 1.60. The van der Waals surface area contributed by atoms with Crippen molar-refractivity contribution in [3.63, 3.8) is 0 Å². The number of carbonyl (C=O) groups is 2. The van der Waals surface area contributed by atoms with E-state index in [-0.39, 0.29) is 12.3 Å². The summed E-state index contributed by atoms with van der Waals surface area (Å²) in [4.78, 5) is 28.1. The Balaban J connectivity index is 2.90. The molecule has 1 rings (SSSR count). The zero-order valence-corrected chi connectivity index (χ0v) is 11.1. The van der Waals surface area contributed by atoms with Gasteiger partial charge < -0.3 is 10.0 Å². The second-order valence-corrected chi connectivity index (χ2v) is 3.97. The first kappa shape index (κ1) is 15.4. The van der Waals surface area contributed by atoms with Crippen LogP contribution in [0.25, 0.3) is 6.08 Å². The van der Waals surface area contributed by atoms with Crippen LogP contribution in [-0.2, 0) is 4.79 Å². The van der Waals surface area contributed by atoms with E-state index in [1.807, 2.05) is 13.0 Å². The Morgan fingerprint density at radius 2 is 2.25 bits per heavy atom. The molecule has 0 aliphatic heterocycles. The Bertz CT molecular complexity index is 561. The third-order valence-electron chi connectivity index (χ3n) is 2.59. The minimum absolute atomic E-state index is 0.221. The third-order valence-corrected chi connectivity index (χ3v) is 2.59. The first-order chi connectivity index (χ1) is 9.58. The minimum atomic E-state index is -1.06. The lowest BCUT2D eigenvalue weighted by Crippen LogP contribution is -2.31. The summed E-state index contributed by atoms with van der Waals surface area (Å²) in [6.07, 6.45) is 5.53. The van der Waals surface area contributed by atoms with Crippen molar-refractivity contribution < 1.29 is 14.7 Å². The molecule has 0 aliphatic carbocycles. The van der Waals surface area contributed by atoms with E-state index in [0.29, 0.717) is 24.2 Å². The van der Waals surface area contributed by atoms with Gasteiger partial charge in [-0.1, -0.05) is 0 Å². The molecule has 0 unspecified atom stereocenters. The lowest BCUT2D eigenvalue weighted by Gasteiger charge is -2.19. The number of hydrogen-bond donors (Lipinski definition) is 1. The molecule has 6 heteroatoms. The maximum absolute atomic E-state index is 12.2. The number of carboxylic acids is 1. The van der Waals surface area contributed by atoms with Crippen LogP contribution in [0.5, 0.6) is 0 Å². The van der Waals surface area contributed by atoms with Crippen LogP contribution in [0.3, 0.4) is 0 Å². The number of amides is 1. The Morgan fingerprint density at radius 3 is 2.85 bits per heavy atom. The van der Waals surface area contributed by atoms with E-state index in [1.54, 1.807) is 11.0 Å². The molecule has 1 N–H and O–H groups in total. The van der Waals surface area contributed by atoms with Crippen molar-refractivity contribution in [1.29, 1.82) is 5.26 Å². The standard InChI is InChI=1S/C14H15N3O3/c1-2-17(7-3-6-15)14(20)12-8-11(9-16-10-12)4-5-13(18)19/h4-5,8-10H,2-3,7H2,1H3,(H,18,19). The zero-order chi connectivity index (χ0) is 15.0. The largest absolute Gasteiger partial charge is 0.478 e. The fourth-order valence-electron chi connectivity index (χ4n) is 1.60. The van der Waals surface area contributed by atoms with Crippen molar-refractivity contribution in [2.24, 2.45) is 0 Å². The van der Waals surface area contributed by atoms with E-state index in [4.69, 9.17) is 10.4 Å². The van der Waals surface area contributed by atoms with Crippen LogP contribution in [0, 0.1) is 11.3 Å². The summed E-state index contributed by atoms with van der Waals surface area (Å²) in [7, 11) is 0. The molecular weight excluding hydrogens is 258 g/mol. The molecule has 6 nitrogen and oxygen atoms in total. The summed E-state index contributed by atoms with van der Waals surface area (Å²) < 4.78 is 0. The summed E-state index contributed by atoms with van der Waals surface area (Å²) in [6.45, 7) is 2.69. The molecule has 0 bridgehead atoms. The molecule has 1 aromatic rings. The molecule has 20 heavy (non-hydrogen) atoms. The Labute approximate surface area is 117 Å². The van der Waals surface area contributed by atoms with Crippen molar-refractivity contribution in [2.75, 3.05) is 13.1 Å². The predicted octanol–water partition coefficient (Wildman–Crippen LogP) is 1.56. The van der Waals surface area contributed by atoms with E-state index in [0.717, 1.165) is 6.08 Å². The van der Waals surface area contributed by atoms with Crippen LogP contribution < -0.4 is 0 Å². The number of carbonyl (C=O) groups excluding carboxylic acids is 1. The fraction of sp³-hybridized carbons (Fsp3) is 0.286. The summed E-state index contributed by atoms with van der Waals surface area (Å²) in [5.41, 5.74) is 0.909. The van der Waals surface area contributed by atoms with Gasteiger partial charge >= 0.3 is 5.97 Å². The SMILES string of the molecule is CCN(CCC#N)C(=O)c1cncc(C=CC(=O)O)c1. The molecule has 104 valence electrons. The Morgan fingerprint density at radius 1 is 1.50 bits per heavy atom. The molecule has 0 radical (unpaired) electrons. The lowest BCUT2D eigenvalue weighted by molar-refractivity contribution is -0.131. The maximum atomic E-state index is 12.2. The van der Waals surface area contributed by atoms with E-state index < -0.39 is 5.97 Å². The minimum Gasteiger partial charge on any atom is -0.478 e. The normalized spacial score (nSPS) is 10.2. The second kappa shape index (κ2) is 7.69. The van der Waals surface area contributed by atoms with Gasteiger partial charge in [0.2, 0.25) is 0 Å². The monoisotopic (exact) mass is 273 g/mol. The van der Waals surface area contributed by atoms with E-state index in [2.05, 4.69) is 4.98 Å². The van der Waals surface area contributed by atoms with E-state index in [9.17, 15) is 9.59 Å². The molecule has 0 saturated carbocycles. The highest BCUT2D eigenvalue weighted by atomic mass is 16.4. The van der Waals surface area contributed by atoms with Gasteiger partial charge in [0.05, 0.1) is 18.1 Å². The van der Waals surface area contributed by atoms with Gasteiger partial charge in [0, 0.05) is 31.6 Å². The van der Waals surface area contributed by atoms with Crippen molar-refractivity contribution in [3.8, 4) is 6.07 Å². The summed E-state index contributed by atoms with van der Waals surface area (Å²) in [6, 6.07) is 3.57. The first-order valence-electron chi connectivity index (χ1n) is 6.10. The van der Waals surface area contributed by atoms with Crippen molar-refractivity contribution in [1.82, 2.24) is 9.88 Å². The van der Waals surface area contributed by atoms with Crippen LogP contribution in [-0.4, -0.2) is 40.0 Å². The van der Waals surface area contributed by atoms with Gasteiger partial charge in [-0.3, -0.25) is 9.78 Å². The van der Waals surface area contributed by atoms with Crippen molar-refractivity contribution in [3.05, 3.63) is 35.7 Å². The molecule has 1 aromatic heterocycles. The molecule has 0 aromatic carbocycles. The van der Waals surface area contributed by atoms with Crippen molar-refractivity contribution in [2.45, 2.75) is 13.3 Å². The number of nitrogens with zero attached hydrogens (tertiary/aromatic N) is 3. The van der Waals surface area contributed by atoms with Gasteiger partial charge in [-0.05, 0) is 24.6 Å². The number of nitriles is 1. The van der Waals surface area contributed by atoms with E-state index in [1.165, 1.54) is 18.5 Å². The molecule has 0 saturated heterocycles. The van der Waals surface area contributed by atoms with Crippen LogP contribution >= 0.6 is 0 Å². The van der Waals surface area contributed by atoms with Crippen LogP contribution in [0.1, 0.15) is 29.3 Å². The van der Waals surface area contributed by atoms with Gasteiger partial charge in [0.25, 0.3) is 5.91 Å². The number of aliphatic carboxylic acids is 1. The van der Waals surface area contributed by atoms with Crippen LogP contribution in [0.15, 0.2) is 24.5 Å². The number of hydrogen-bond acceptors (Lipinski definition) is 4. The second-order valence-electron chi connectivity index (χ2n) is 3.97. The summed E-state index contributed by atoms with van der Waals surface area (Å²) in [5.74, 6) is -1.29. The van der Waals surface area contributed by atoms with Gasteiger partial charge in [0.1, 0.15) is 0 Å². The van der Waals surface area contributed by atoms with Crippen LogP contribution in [0.4, 0.5) is 0 Å². The van der Waals surface area contributed by atoms with E-state index >= 15 is 0 Å². The Hall–Kier alpha value is -2.68. The summed E-state index contributed by atoms with van der Waals surface area (Å²) >= 11 is 0. The van der Waals surface area contributed by atoms with Gasteiger partial charge in [0.15, 0.2) is 0 Å².